The summed E-state index contributed by atoms with van der Waals surface area (Å²) in [4.78, 5) is 24.1. The van der Waals surface area contributed by atoms with Crippen molar-refractivity contribution >= 4 is 40.8 Å². The molecule has 0 atom stereocenters. The van der Waals surface area contributed by atoms with Gasteiger partial charge in [-0.05, 0) is 43.7 Å². The molecule has 0 aliphatic heterocycles. The summed E-state index contributed by atoms with van der Waals surface area (Å²) in [6, 6.07) is 7.86. The minimum Gasteiger partial charge on any atom is -0.491 e. The van der Waals surface area contributed by atoms with Crippen LogP contribution in [0.3, 0.4) is 0 Å². The van der Waals surface area contributed by atoms with Crippen molar-refractivity contribution in [2.75, 3.05) is 19.0 Å². The van der Waals surface area contributed by atoms with Crippen LogP contribution in [-0.4, -0.2) is 25.6 Å². The summed E-state index contributed by atoms with van der Waals surface area (Å²) < 4.78 is 10.0. The lowest BCUT2D eigenvalue weighted by atomic mass is 10.1. The molecule has 25 heavy (non-hydrogen) atoms. The molecule has 1 N–H and O–H groups in total. The Kier molecular flexibility index (Phi) is 6.28. The van der Waals surface area contributed by atoms with Crippen molar-refractivity contribution in [1.82, 2.24) is 0 Å². The second-order valence-electron chi connectivity index (χ2n) is 5.18. The number of methoxy groups -OCH3 is 1. The summed E-state index contributed by atoms with van der Waals surface area (Å²) in [5, 5.41) is 3.25. The third-order valence-electron chi connectivity index (χ3n) is 3.46. The van der Waals surface area contributed by atoms with Crippen LogP contribution < -0.4 is 10.1 Å². The van der Waals surface area contributed by atoms with E-state index in [0.717, 1.165) is 5.56 Å². The molecule has 2 aromatic rings. The molecule has 132 valence electrons. The Bertz CT molecular complexity index is 798. The zero-order chi connectivity index (χ0) is 18.6. The molecule has 1 amide bonds. The molecule has 2 aromatic carbocycles. The zero-order valence-electron chi connectivity index (χ0n) is 14.0. The molecule has 0 radical (unpaired) electrons. The van der Waals surface area contributed by atoms with Crippen molar-refractivity contribution in [3.05, 3.63) is 57.1 Å². The van der Waals surface area contributed by atoms with Crippen LogP contribution in [0.15, 0.2) is 30.3 Å². The molecule has 5 nitrogen and oxygen atoms in total. The van der Waals surface area contributed by atoms with Crippen LogP contribution in [-0.2, 0) is 4.74 Å². The molecule has 0 aliphatic rings. The topological polar surface area (TPSA) is 64.6 Å². The molecule has 7 heteroatoms. The van der Waals surface area contributed by atoms with Gasteiger partial charge in [0.05, 0.1) is 29.3 Å². The third kappa shape index (κ3) is 4.44. The first-order valence-corrected chi connectivity index (χ1v) is 8.25. The average Bonchev–Trinajstić information content (AvgIpc) is 2.59. The molecule has 0 spiro atoms. The Labute approximate surface area is 155 Å². The van der Waals surface area contributed by atoms with Crippen molar-refractivity contribution in [3.8, 4) is 5.75 Å². The van der Waals surface area contributed by atoms with E-state index in [4.69, 9.17) is 27.9 Å². The standard InChI is InChI=1S/C18H17Cl2NO4/c1-4-25-16-13(19)7-12(8-14(16)20)17(22)21-15-9-11(18(23)24-3)6-5-10(15)2/h5-9H,4H2,1-3H3,(H,21,22). The second kappa shape index (κ2) is 8.23. The number of carbonyl (C=O) groups excluding carboxylic acids is 2. The first-order valence-electron chi connectivity index (χ1n) is 7.49. The average molecular weight is 382 g/mol. The van der Waals surface area contributed by atoms with Gasteiger partial charge in [0.25, 0.3) is 5.91 Å². The molecule has 0 heterocycles. The van der Waals surface area contributed by atoms with Crippen LogP contribution in [0.25, 0.3) is 0 Å². The molecule has 0 saturated heterocycles. The van der Waals surface area contributed by atoms with Crippen LogP contribution in [0, 0.1) is 6.92 Å². The number of benzene rings is 2. The molecule has 0 unspecified atom stereocenters. The predicted octanol–water partition coefficient (Wildman–Crippen LogP) is 4.74. The number of hydrogen-bond donors (Lipinski definition) is 1. The minimum atomic E-state index is -0.484. The van der Waals surface area contributed by atoms with Crippen LogP contribution in [0.1, 0.15) is 33.2 Å². The van der Waals surface area contributed by atoms with Gasteiger partial charge in [0.1, 0.15) is 0 Å². The maximum Gasteiger partial charge on any atom is 0.337 e. The van der Waals surface area contributed by atoms with E-state index < -0.39 is 11.9 Å². The van der Waals surface area contributed by atoms with Crippen LogP contribution >= 0.6 is 23.2 Å². The molecule has 0 bridgehead atoms. The van der Waals surface area contributed by atoms with Gasteiger partial charge in [-0.25, -0.2) is 4.79 Å². The van der Waals surface area contributed by atoms with Crippen LogP contribution in [0.4, 0.5) is 5.69 Å². The summed E-state index contributed by atoms with van der Waals surface area (Å²) >= 11 is 12.3. The maximum absolute atomic E-state index is 12.5. The first-order chi connectivity index (χ1) is 11.9. The van der Waals surface area contributed by atoms with Gasteiger partial charge in [-0.3, -0.25) is 4.79 Å². The normalized spacial score (nSPS) is 10.3. The largest absolute Gasteiger partial charge is 0.491 e. The fraction of sp³-hybridized carbons (Fsp3) is 0.222. The highest BCUT2D eigenvalue weighted by atomic mass is 35.5. The van der Waals surface area contributed by atoms with E-state index in [2.05, 4.69) is 10.1 Å². The van der Waals surface area contributed by atoms with Crippen LogP contribution in [0.5, 0.6) is 5.75 Å². The summed E-state index contributed by atoms with van der Waals surface area (Å²) in [7, 11) is 1.30. The van der Waals surface area contributed by atoms with Crippen molar-refractivity contribution < 1.29 is 19.1 Å². The number of rotatable bonds is 5. The van der Waals surface area contributed by atoms with E-state index in [-0.39, 0.29) is 15.6 Å². The number of ether oxygens (including phenoxy) is 2. The summed E-state index contributed by atoms with van der Waals surface area (Å²) in [6.45, 7) is 4.03. The van der Waals surface area contributed by atoms with E-state index in [1.54, 1.807) is 18.2 Å². The predicted molar refractivity (Wildman–Crippen MR) is 98.1 cm³/mol. The molecule has 0 saturated carbocycles. The van der Waals surface area contributed by atoms with Gasteiger partial charge in [-0.15, -0.1) is 0 Å². The highest BCUT2D eigenvalue weighted by Crippen LogP contribution is 2.34. The second-order valence-corrected chi connectivity index (χ2v) is 5.99. The number of amides is 1. The quantitative estimate of drug-likeness (QED) is 0.759. The Morgan fingerprint density at radius 1 is 1.08 bits per heavy atom. The Morgan fingerprint density at radius 2 is 1.72 bits per heavy atom. The van der Waals surface area contributed by atoms with Crippen molar-refractivity contribution in [2.24, 2.45) is 0 Å². The Morgan fingerprint density at radius 3 is 2.28 bits per heavy atom. The van der Waals surface area contributed by atoms with Gasteiger partial charge in [-0.2, -0.15) is 0 Å². The molecule has 0 aliphatic carbocycles. The zero-order valence-corrected chi connectivity index (χ0v) is 15.5. The van der Waals surface area contributed by atoms with Gasteiger partial charge < -0.3 is 14.8 Å². The molecule has 0 fully saturated rings. The highest BCUT2D eigenvalue weighted by Gasteiger charge is 2.16. The van der Waals surface area contributed by atoms with Gasteiger partial charge in [0.15, 0.2) is 5.75 Å². The van der Waals surface area contributed by atoms with Crippen LogP contribution in [0.2, 0.25) is 10.0 Å². The number of anilines is 1. The third-order valence-corrected chi connectivity index (χ3v) is 4.02. The van der Waals surface area contributed by atoms with E-state index >= 15 is 0 Å². The summed E-state index contributed by atoms with van der Waals surface area (Å²) in [5.41, 5.74) is 1.91. The van der Waals surface area contributed by atoms with E-state index in [1.165, 1.54) is 19.2 Å². The van der Waals surface area contributed by atoms with E-state index in [9.17, 15) is 9.59 Å². The van der Waals surface area contributed by atoms with E-state index in [1.807, 2.05) is 13.8 Å². The van der Waals surface area contributed by atoms with Gasteiger partial charge in [-0.1, -0.05) is 29.3 Å². The molecule has 2 rings (SSSR count). The fourth-order valence-corrected chi connectivity index (χ4v) is 2.77. The Hall–Kier alpha value is -2.24. The lowest BCUT2D eigenvalue weighted by molar-refractivity contribution is 0.0600. The maximum atomic E-state index is 12.5. The lowest BCUT2D eigenvalue weighted by Crippen LogP contribution is -2.14. The van der Waals surface area contributed by atoms with E-state index in [0.29, 0.717) is 23.6 Å². The number of halogens is 2. The summed E-state index contributed by atoms with van der Waals surface area (Å²) in [5.74, 6) is -0.550. The lowest BCUT2D eigenvalue weighted by Gasteiger charge is -2.12. The number of aryl methyl sites for hydroxylation is 1. The highest BCUT2D eigenvalue weighted by molar-refractivity contribution is 6.37. The number of nitrogens with one attached hydrogen (secondary N) is 1. The molecular weight excluding hydrogens is 365 g/mol. The molecular formula is C18H17Cl2NO4. The van der Waals surface area contributed by atoms with Crippen molar-refractivity contribution in [3.63, 3.8) is 0 Å². The Balaban J connectivity index is 2.30. The van der Waals surface area contributed by atoms with Gasteiger partial charge >= 0.3 is 5.97 Å². The number of carbonyl (C=O) groups is 2. The minimum absolute atomic E-state index is 0.250. The van der Waals surface area contributed by atoms with Gasteiger partial charge in [0.2, 0.25) is 0 Å². The number of hydrogen-bond acceptors (Lipinski definition) is 4. The summed E-state index contributed by atoms with van der Waals surface area (Å²) in [6.07, 6.45) is 0. The smallest absolute Gasteiger partial charge is 0.337 e. The fourth-order valence-electron chi connectivity index (χ4n) is 2.17. The van der Waals surface area contributed by atoms with Crippen molar-refractivity contribution in [1.29, 1.82) is 0 Å². The monoisotopic (exact) mass is 381 g/mol. The van der Waals surface area contributed by atoms with Gasteiger partial charge in [0, 0.05) is 11.3 Å². The van der Waals surface area contributed by atoms with Crippen molar-refractivity contribution in [2.45, 2.75) is 13.8 Å². The number of esters is 1. The SMILES string of the molecule is CCOc1c(Cl)cc(C(=O)Nc2cc(C(=O)OC)ccc2C)cc1Cl. The molecule has 0 aromatic heterocycles. The first kappa shape index (κ1) is 19.1.